The molecule has 1 saturated heterocycles. The van der Waals surface area contributed by atoms with Crippen LogP contribution in [0.3, 0.4) is 0 Å². The highest BCUT2D eigenvalue weighted by Gasteiger charge is 2.34. The van der Waals surface area contributed by atoms with E-state index in [9.17, 15) is 4.79 Å². The normalized spacial score (nSPS) is 18.3. The van der Waals surface area contributed by atoms with Crippen LogP contribution in [0.25, 0.3) is 11.0 Å². The van der Waals surface area contributed by atoms with Crippen LogP contribution in [0.15, 0.2) is 30.7 Å². The van der Waals surface area contributed by atoms with Gasteiger partial charge in [-0.1, -0.05) is 5.21 Å². The van der Waals surface area contributed by atoms with Gasteiger partial charge in [-0.25, -0.2) is 9.67 Å². The van der Waals surface area contributed by atoms with Crippen LogP contribution in [0, 0.1) is 0 Å². The van der Waals surface area contributed by atoms with Crippen molar-refractivity contribution in [2.75, 3.05) is 13.1 Å². The summed E-state index contributed by atoms with van der Waals surface area (Å²) < 4.78 is 1.91. The van der Waals surface area contributed by atoms with Gasteiger partial charge in [0, 0.05) is 30.8 Å². The van der Waals surface area contributed by atoms with E-state index in [4.69, 9.17) is 0 Å². The predicted molar refractivity (Wildman–Crippen MR) is 83.0 cm³/mol. The van der Waals surface area contributed by atoms with Crippen LogP contribution in [0.5, 0.6) is 0 Å². The zero-order chi connectivity index (χ0) is 15.4. The summed E-state index contributed by atoms with van der Waals surface area (Å²) in [5, 5.41) is 8.45. The molecule has 0 unspecified atom stereocenters. The second kappa shape index (κ2) is 4.65. The molecule has 1 amide bonds. The van der Waals surface area contributed by atoms with Crippen molar-refractivity contribution < 1.29 is 4.79 Å². The molecule has 1 aliphatic heterocycles. The Morgan fingerprint density at radius 3 is 2.96 bits per heavy atom. The number of H-pyrrole nitrogens is 1. The van der Waals surface area contributed by atoms with Crippen molar-refractivity contribution in [1.29, 1.82) is 0 Å². The second-order valence-electron chi connectivity index (χ2n) is 6.40. The van der Waals surface area contributed by atoms with Crippen LogP contribution in [-0.4, -0.2) is 48.9 Å². The second-order valence-corrected chi connectivity index (χ2v) is 6.40. The molecule has 0 atom stereocenters. The van der Waals surface area contributed by atoms with E-state index < -0.39 is 0 Å². The van der Waals surface area contributed by atoms with Crippen molar-refractivity contribution in [3.05, 3.63) is 42.0 Å². The Morgan fingerprint density at radius 2 is 2.13 bits per heavy atom. The topological polar surface area (TPSA) is 79.7 Å². The maximum absolute atomic E-state index is 12.5. The number of fused-ring (bicyclic) bond motifs is 1. The summed E-state index contributed by atoms with van der Waals surface area (Å²) in [6.45, 7) is 1.38. The van der Waals surface area contributed by atoms with Gasteiger partial charge in [0.05, 0.1) is 29.1 Å². The number of carbonyl (C=O) groups is 1. The molecule has 5 rings (SSSR count). The first-order chi connectivity index (χ1) is 11.3. The number of hydrogen-bond donors (Lipinski definition) is 1. The third-order valence-electron chi connectivity index (χ3n) is 4.71. The van der Waals surface area contributed by atoms with E-state index in [0.717, 1.165) is 16.7 Å². The number of amides is 1. The maximum atomic E-state index is 12.5. The smallest absolute Gasteiger partial charge is 0.254 e. The summed E-state index contributed by atoms with van der Waals surface area (Å²) >= 11 is 0. The van der Waals surface area contributed by atoms with Crippen LogP contribution in [0.2, 0.25) is 0 Å². The largest absolute Gasteiger partial charge is 0.345 e. The summed E-state index contributed by atoms with van der Waals surface area (Å²) in [6.07, 6.45) is 6.13. The first kappa shape index (κ1) is 12.8. The summed E-state index contributed by atoms with van der Waals surface area (Å²) in [4.78, 5) is 21.6. The molecule has 2 aromatic heterocycles. The molecular formula is C16H16N6O. The van der Waals surface area contributed by atoms with E-state index in [1.165, 1.54) is 12.8 Å². The zero-order valence-electron chi connectivity index (χ0n) is 12.5. The Morgan fingerprint density at radius 1 is 1.26 bits per heavy atom. The number of aromatic amines is 1. The molecule has 1 aliphatic carbocycles. The van der Waals surface area contributed by atoms with E-state index in [1.807, 2.05) is 34.0 Å². The predicted octanol–water partition coefficient (Wildman–Crippen LogP) is 1.73. The molecule has 0 spiro atoms. The number of rotatable bonds is 3. The fourth-order valence-corrected chi connectivity index (χ4v) is 3.07. The molecule has 0 radical (unpaired) electrons. The van der Waals surface area contributed by atoms with Crippen LogP contribution in [0.4, 0.5) is 0 Å². The van der Waals surface area contributed by atoms with Gasteiger partial charge in [-0.05, 0) is 31.0 Å². The molecule has 1 saturated carbocycles. The Bertz CT molecular complexity index is 887. The van der Waals surface area contributed by atoms with Crippen molar-refractivity contribution in [3.8, 4) is 0 Å². The summed E-state index contributed by atoms with van der Waals surface area (Å²) in [5.41, 5.74) is 3.55. The fraction of sp³-hybridized carbons (Fsp3) is 0.375. The van der Waals surface area contributed by atoms with Crippen molar-refractivity contribution in [1.82, 2.24) is 29.9 Å². The van der Waals surface area contributed by atoms with Gasteiger partial charge < -0.3 is 9.88 Å². The minimum absolute atomic E-state index is 0.0558. The van der Waals surface area contributed by atoms with Crippen molar-refractivity contribution in [2.45, 2.75) is 24.8 Å². The van der Waals surface area contributed by atoms with Crippen LogP contribution in [-0.2, 0) is 0 Å². The number of imidazole rings is 1. The number of likely N-dealkylation sites (tertiary alicyclic amines) is 1. The lowest BCUT2D eigenvalue weighted by molar-refractivity contribution is 0.0498. The van der Waals surface area contributed by atoms with Gasteiger partial charge in [0.15, 0.2) is 0 Å². The molecule has 7 nitrogen and oxygen atoms in total. The molecule has 2 fully saturated rings. The quantitative estimate of drug-likeness (QED) is 0.799. The Balaban J connectivity index is 1.28. The third-order valence-corrected chi connectivity index (χ3v) is 4.71. The van der Waals surface area contributed by atoms with Crippen LogP contribution < -0.4 is 0 Å². The first-order valence-corrected chi connectivity index (χ1v) is 7.92. The number of nitrogens with one attached hydrogen (secondary N) is 1. The fourth-order valence-electron chi connectivity index (χ4n) is 3.07. The zero-order valence-corrected chi connectivity index (χ0v) is 12.5. The molecule has 23 heavy (non-hydrogen) atoms. The van der Waals surface area contributed by atoms with Crippen LogP contribution >= 0.6 is 0 Å². The number of aromatic nitrogens is 5. The highest BCUT2D eigenvalue weighted by molar-refractivity contribution is 5.97. The molecule has 0 bridgehead atoms. The number of carbonyl (C=O) groups excluding carboxylic acids is 1. The van der Waals surface area contributed by atoms with E-state index in [-0.39, 0.29) is 11.9 Å². The average Bonchev–Trinajstić information content (AvgIpc) is 3.08. The minimum atomic E-state index is 0.0558. The Kier molecular flexibility index (Phi) is 2.59. The third kappa shape index (κ3) is 2.11. The number of benzene rings is 1. The van der Waals surface area contributed by atoms with Gasteiger partial charge in [-0.3, -0.25) is 4.79 Å². The van der Waals surface area contributed by atoms with E-state index in [2.05, 4.69) is 20.3 Å². The van der Waals surface area contributed by atoms with Gasteiger partial charge >= 0.3 is 0 Å². The van der Waals surface area contributed by atoms with Crippen molar-refractivity contribution in [3.63, 3.8) is 0 Å². The number of hydrogen-bond acceptors (Lipinski definition) is 4. The highest BCUT2D eigenvalue weighted by Crippen LogP contribution is 2.39. The summed E-state index contributed by atoms with van der Waals surface area (Å²) in [5.74, 6) is 0.669. The molecule has 116 valence electrons. The van der Waals surface area contributed by atoms with Crippen molar-refractivity contribution >= 4 is 16.9 Å². The molecular weight excluding hydrogens is 292 g/mol. The molecule has 3 heterocycles. The van der Waals surface area contributed by atoms with Gasteiger partial charge in [0.1, 0.15) is 0 Å². The average molecular weight is 308 g/mol. The highest BCUT2D eigenvalue weighted by atomic mass is 16.2. The van der Waals surface area contributed by atoms with Crippen LogP contribution in [0.1, 0.15) is 40.9 Å². The molecule has 1 aromatic carbocycles. The molecule has 1 N–H and O–H groups in total. The Hall–Kier alpha value is -2.70. The minimum Gasteiger partial charge on any atom is -0.345 e. The Labute approximate surface area is 132 Å². The van der Waals surface area contributed by atoms with E-state index >= 15 is 0 Å². The molecule has 2 aliphatic rings. The lowest BCUT2D eigenvalue weighted by Gasteiger charge is -2.38. The van der Waals surface area contributed by atoms with E-state index in [0.29, 0.717) is 24.6 Å². The summed E-state index contributed by atoms with van der Waals surface area (Å²) in [6, 6.07) is 5.81. The van der Waals surface area contributed by atoms with Crippen molar-refractivity contribution in [2.24, 2.45) is 0 Å². The molecule has 3 aromatic rings. The first-order valence-electron chi connectivity index (χ1n) is 7.92. The monoisotopic (exact) mass is 308 g/mol. The number of nitrogens with zero attached hydrogens (tertiary/aromatic N) is 5. The molecule has 7 heteroatoms. The van der Waals surface area contributed by atoms with Gasteiger partial charge in [-0.2, -0.15) is 0 Å². The van der Waals surface area contributed by atoms with Gasteiger partial charge in [0.25, 0.3) is 5.91 Å². The lowest BCUT2D eigenvalue weighted by atomic mass is 10.1. The standard InChI is InChI=1S/C16H16N6O/c23-16(11-3-4-13-14(5-11)18-9-17-13)21-6-12(7-21)22-8-15(19-20-22)10-1-2-10/h3-5,8-10,12H,1-2,6-7H2,(H,17,18). The maximum Gasteiger partial charge on any atom is 0.254 e. The van der Waals surface area contributed by atoms with Gasteiger partial charge in [-0.15, -0.1) is 5.10 Å². The lowest BCUT2D eigenvalue weighted by Crippen LogP contribution is -2.50. The van der Waals surface area contributed by atoms with E-state index in [1.54, 1.807) is 6.33 Å². The SMILES string of the molecule is O=C(c1ccc2nc[nH]c2c1)N1CC(n2cc(C3CC3)nn2)C1. The van der Waals surface area contributed by atoms with Gasteiger partial charge in [0.2, 0.25) is 0 Å². The summed E-state index contributed by atoms with van der Waals surface area (Å²) in [7, 11) is 0.